The summed E-state index contributed by atoms with van der Waals surface area (Å²) in [5.41, 5.74) is 3.41. The number of carboxylic acids is 1. The van der Waals surface area contributed by atoms with Crippen LogP contribution in [0.2, 0.25) is 0 Å². The predicted octanol–water partition coefficient (Wildman–Crippen LogP) is -0.745. The normalized spacial score (nSPS) is 35.6. The average Bonchev–Trinajstić information content (AvgIpc) is 1.95. The second-order valence-corrected chi connectivity index (χ2v) is 2.40. The van der Waals surface area contributed by atoms with Gasteiger partial charge in [0.05, 0.1) is 6.04 Å². The van der Waals surface area contributed by atoms with Gasteiger partial charge in [-0.2, -0.15) is 0 Å². The van der Waals surface area contributed by atoms with Crippen molar-refractivity contribution < 1.29 is 15.0 Å². The van der Waals surface area contributed by atoms with Crippen molar-refractivity contribution in [1.82, 2.24) is 0 Å². The molecule has 0 amide bonds. The first-order chi connectivity index (χ1) is 5.07. The van der Waals surface area contributed by atoms with Gasteiger partial charge < -0.3 is 15.9 Å². The van der Waals surface area contributed by atoms with E-state index < -0.39 is 17.6 Å². The molecule has 4 nitrogen and oxygen atoms in total. The van der Waals surface area contributed by atoms with Crippen LogP contribution in [0.5, 0.6) is 0 Å². The minimum absolute atomic E-state index is 0.870. The number of allylic oxidation sites excluding steroid dienone is 2. The molecule has 0 fully saturated rings. The molecule has 0 bridgehead atoms. The molecule has 1 aliphatic rings. The molecule has 4 N–H and O–H groups in total. The van der Waals surface area contributed by atoms with Crippen LogP contribution in [-0.2, 0) is 4.79 Å². The Bertz CT molecular complexity index is 234. The second kappa shape index (κ2) is 2.48. The Morgan fingerprint density at radius 2 is 2.18 bits per heavy atom. The monoisotopic (exact) mass is 155 g/mol. The third kappa shape index (κ3) is 1.18. The van der Waals surface area contributed by atoms with E-state index in [-0.39, 0.29) is 0 Å². The molecule has 60 valence electrons. The van der Waals surface area contributed by atoms with E-state index in [1.807, 2.05) is 0 Å². The Labute approximate surface area is 63.6 Å². The number of rotatable bonds is 1. The molecule has 1 rings (SSSR count). The number of hydrogen-bond donors (Lipinski definition) is 3. The van der Waals surface area contributed by atoms with Gasteiger partial charge in [0, 0.05) is 0 Å². The molecule has 0 saturated heterocycles. The van der Waals surface area contributed by atoms with Crippen molar-refractivity contribution in [2.24, 2.45) is 5.73 Å². The summed E-state index contributed by atoms with van der Waals surface area (Å²) in [6, 6.07) is -0.870. The number of carbonyl (C=O) groups is 1. The van der Waals surface area contributed by atoms with Crippen molar-refractivity contribution in [3.8, 4) is 0 Å². The molecule has 0 aromatic rings. The fraction of sp³-hybridized carbons (Fsp3) is 0.286. The summed E-state index contributed by atoms with van der Waals surface area (Å²) < 4.78 is 0. The first-order valence-corrected chi connectivity index (χ1v) is 3.15. The maximum absolute atomic E-state index is 10.5. The van der Waals surface area contributed by atoms with E-state index >= 15 is 0 Å². The molecule has 0 saturated carbocycles. The van der Waals surface area contributed by atoms with Crippen molar-refractivity contribution in [3.63, 3.8) is 0 Å². The van der Waals surface area contributed by atoms with Gasteiger partial charge in [-0.15, -0.1) is 0 Å². The molecule has 11 heavy (non-hydrogen) atoms. The molecule has 2 unspecified atom stereocenters. The topological polar surface area (TPSA) is 83.5 Å². The smallest absolute Gasteiger partial charge is 0.341 e. The van der Waals surface area contributed by atoms with Gasteiger partial charge in [-0.1, -0.05) is 18.2 Å². The van der Waals surface area contributed by atoms with Crippen molar-refractivity contribution in [3.05, 3.63) is 24.3 Å². The van der Waals surface area contributed by atoms with Gasteiger partial charge in [0.1, 0.15) is 0 Å². The van der Waals surface area contributed by atoms with Crippen molar-refractivity contribution in [1.29, 1.82) is 0 Å². The maximum Gasteiger partial charge on any atom is 0.341 e. The molecular weight excluding hydrogens is 146 g/mol. The minimum atomic E-state index is -1.94. The quantitative estimate of drug-likeness (QED) is 0.465. The van der Waals surface area contributed by atoms with Crippen molar-refractivity contribution in [2.45, 2.75) is 11.6 Å². The highest BCUT2D eigenvalue weighted by Gasteiger charge is 2.39. The van der Waals surface area contributed by atoms with Crippen LogP contribution >= 0.6 is 0 Å². The number of carboxylic acid groups (broad SMARTS) is 1. The molecule has 0 aromatic carbocycles. The van der Waals surface area contributed by atoms with Crippen LogP contribution in [0.1, 0.15) is 0 Å². The van der Waals surface area contributed by atoms with Gasteiger partial charge in [-0.05, 0) is 6.08 Å². The van der Waals surface area contributed by atoms with Gasteiger partial charge in [0.2, 0.25) is 0 Å². The zero-order valence-electron chi connectivity index (χ0n) is 5.77. The van der Waals surface area contributed by atoms with Crippen molar-refractivity contribution in [2.75, 3.05) is 0 Å². The number of aliphatic hydroxyl groups is 1. The van der Waals surface area contributed by atoms with Crippen LogP contribution in [0.15, 0.2) is 24.3 Å². The standard InChI is InChI=1S/C7H9NO3/c8-5-3-1-2-4-7(5,11)6(9)10/h1-5,11H,8H2,(H,9,10). The van der Waals surface area contributed by atoms with E-state index in [1.54, 1.807) is 6.08 Å². The van der Waals surface area contributed by atoms with Gasteiger partial charge in [0.15, 0.2) is 5.60 Å². The Balaban J connectivity index is 2.94. The second-order valence-electron chi connectivity index (χ2n) is 2.40. The summed E-state index contributed by atoms with van der Waals surface area (Å²) in [5, 5.41) is 17.9. The molecule has 2 atom stereocenters. The summed E-state index contributed by atoms with van der Waals surface area (Å²) in [6.07, 6.45) is 5.66. The zero-order valence-corrected chi connectivity index (χ0v) is 5.77. The summed E-state index contributed by atoms with van der Waals surface area (Å²) in [4.78, 5) is 10.5. The summed E-state index contributed by atoms with van der Waals surface area (Å²) in [5.74, 6) is -1.33. The molecule has 0 radical (unpaired) electrons. The minimum Gasteiger partial charge on any atom is -0.479 e. The third-order valence-corrected chi connectivity index (χ3v) is 1.63. The zero-order chi connectivity index (χ0) is 8.48. The van der Waals surface area contributed by atoms with Crippen LogP contribution in [0.3, 0.4) is 0 Å². The van der Waals surface area contributed by atoms with Crippen molar-refractivity contribution >= 4 is 5.97 Å². The van der Waals surface area contributed by atoms with Crippen LogP contribution < -0.4 is 5.73 Å². The van der Waals surface area contributed by atoms with Crippen LogP contribution in [-0.4, -0.2) is 27.8 Å². The lowest BCUT2D eigenvalue weighted by Gasteiger charge is -2.25. The van der Waals surface area contributed by atoms with E-state index in [0.29, 0.717) is 0 Å². The first kappa shape index (κ1) is 7.97. The van der Waals surface area contributed by atoms with Gasteiger partial charge in [-0.25, -0.2) is 4.79 Å². The molecule has 4 heteroatoms. The Morgan fingerprint density at radius 3 is 2.55 bits per heavy atom. The Kier molecular flexibility index (Phi) is 1.80. The van der Waals surface area contributed by atoms with E-state index in [2.05, 4.69) is 0 Å². The lowest BCUT2D eigenvalue weighted by atomic mass is 9.91. The molecule has 0 spiro atoms. The number of aliphatic carboxylic acids is 1. The van der Waals surface area contributed by atoms with E-state index in [1.165, 1.54) is 18.2 Å². The summed E-state index contributed by atoms with van der Waals surface area (Å²) in [7, 11) is 0. The fourth-order valence-corrected chi connectivity index (χ4v) is 0.858. The van der Waals surface area contributed by atoms with Crippen LogP contribution in [0, 0.1) is 0 Å². The highest BCUT2D eigenvalue weighted by atomic mass is 16.4. The lowest BCUT2D eigenvalue weighted by molar-refractivity contribution is -0.154. The molecule has 0 heterocycles. The summed E-state index contributed by atoms with van der Waals surface area (Å²) >= 11 is 0. The van der Waals surface area contributed by atoms with E-state index in [0.717, 1.165) is 0 Å². The number of hydrogen-bond acceptors (Lipinski definition) is 3. The Morgan fingerprint density at radius 1 is 1.55 bits per heavy atom. The average molecular weight is 155 g/mol. The third-order valence-electron chi connectivity index (χ3n) is 1.63. The van der Waals surface area contributed by atoms with E-state index in [4.69, 9.17) is 10.8 Å². The largest absolute Gasteiger partial charge is 0.479 e. The van der Waals surface area contributed by atoms with Crippen LogP contribution in [0.4, 0.5) is 0 Å². The summed E-state index contributed by atoms with van der Waals surface area (Å²) in [6.45, 7) is 0. The maximum atomic E-state index is 10.5. The molecule has 1 aliphatic carbocycles. The fourth-order valence-electron chi connectivity index (χ4n) is 0.858. The predicted molar refractivity (Wildman–Crippen MR) is 38.8 cm³/mol. The molecule has 0 aliphatic heterocycles. The highest BCUT2D eigenvalue weighted by Crippen LogP contribution is 2.16. The SMILES string of the molecule is NC1C=CC=CC1(O)C(=O)O. The lowest BCUT2D eigenvalue weighted by Crippen LogP contribution is -2.52. The first-order valence-electron chi connectivity index (χ1n) is 3.15. The molecule has 0 aromatic heterocycles. The van der Waals surface area contributed by atoms with Crippen LogP contribution in [0.25, 0.3) is 0 Å². The van der Waals surface area contributed by atoms with Gasteiger partial charge >= 0.3 is 5.97 Å². The van der Waals surface area contributed by atoms with Gasteiger partial charge in [0.25, 0.3) is 0 Å². The van der Waals surface area contributed by atoms with Gasteiger partial charge in [-0.3, -0.25) is 0 Å². The Hall–Kier alpha value is -1.13. The number of nitrogens with two attached hydrogens (primary N) is 1. The molecular formula is C7H9NO3. The van der Waals surface area contributed by atoms with E-state index in [9.17, 15) is 9.90 Å². The highest BCUT2D eigenvalue weighted by molar-refractivity contribution is 5.81.